The molecule has 4 nitrogen and oxygen atoms in total. The van der Waals surface area contributed by atoms with E-state index < -0.39 is 5.44 Å². The maximum atomic E-state index is 8.68. The molecule has 0 amide bonds. The lowest BCUT2D eigenvalue weighted by Gasteiger charge is -1.98. The molecule has 1 unspecified atom stereocenters. The third-order valence-corrected chi connectivity index (χ3v) is 1.32. The summed E-state index contributed by atoms with van der Waals surface area (Å²) in [7, 11) is 0. The van der Waals surface area contributed by atoms with Crippen LogP contribution in [0.5, 0.6) is 0 Å². The van der Waals surface area contributed by atoms with Crippen LogP contribution >= 0.6 is 11.8 Å². The molecule has 0 fully saturated rings. The van der Waals surface area contributed by atoms with Gasteiger partial charge in [0.2, 0.25) is 0 Å². The Morgan fingerprint density at radius 3 is 2.67 bits per heavy atom. The van der Waals surface area contributed by atoms with Crippen LogP contribution in [0.15, 0.2) is 4.99 Å². The Bertz CT molecular complexity index is 100.0. The Balaban J connectivity index is 3.20. The van der Waals surface area contributed by atoms with E-state index in [-0.39, 0.29) is 5.96 Å². The van der Waals surface area contributed by atoms with Gasteiger partial charge >= 0.3 is 0 Å². The summed E-state index contributed by atoms with van der Waals surface area (Å²) in [6.45, 7) is 1.66. The summed E-state index contributed by atoms with van der Waals surface area (Å²) in [5, 5.41) is 8.68. The van der Waals surface area contributed by atoms with Crippen molar-refractivity contribution in [1.29, 1.82) is 0 Å². The molecule has 0 aromatic heterocycles. The molecule has 0 bridgehead atoms. The molecule has 9 heavy (non-hydrogen) atoms. The number of rotatable bonds is 3. The highest BCUT2D eigenvalue weighted by molar-refractivity contribution is 7.99. The van der Waals surface area contributed by atoms with E-state index in [2.05, 4.69) is 4.99 Å². The van der Waals surface area contributed by atoms with Gasteiger partial charge in [-0.25, -0.2) is 4.99 Å². The van der Waals surface area contributed by atoms with Crippen LogP contribution in [0.2, 0.25) is 0 Å². The average molecular weight is 149 g/mol. The van der Waals surface area contributed by atoms with Gasteiger partial charge in [0.05, 0.1) is 11.3 Å². The molecular weight excluding hydrogens is 138 g/mol. The first-order valence-corrected chi connectivity index (χ1v) is 3.53. The molecule has 0 spiro atoms. The van der Waals surface area contributed by atoms with Crippen LogP contribution in [0.4, 0.5) is 0 Å². The van der Waals surface area contributed by atoms with Gasteiger partial charge in [0.15, 0.2) is 5.96 Å². The zero-order valence-electron chi connectivity index (χ0n) is 5.24. The fraction of sp³-hybridized carbons (Fsp3) is 0.750. The highest BCUT2D eigenvalue weighted by Crippen LogP contribution is 2.05. The van der Waals surface area contributed by atoms with Crippen LogP contribution in [0, 0.1) is 0 Å². The maximum absolute atomic E-state index is 8.68. The van der Waals surface area contributed by atoms with Crippen molar-refractivity contribution in [3.8, 4) is 0 Å². The molecule has 0 aromatic carbocycles. The summed E-state index contributed by atoms with van der Waals surface area (Å²) >= 11 is 1.27. The zero-order valence-corrected chi connectivity index (χ0v) is 6.06. The van der Waals surface area contributed by atoms with Gasteiger partial charge in [0, 0.05) is 0 Å². The minimum absolute atomic E-state index is 0.0585. The predicted octanol–water partition coefficient (Wildman–Crippen LogP) is -0.711. The monoisotopic (exact) mass is 149 g/mol. The summed E-state index contributed by atoms with van der Waals surface area (Å²) in [6.07, 6.45) is 0. The van der Waals surface area contributed by atoms with Gasteiger partial charge in [-0.1, -0.05) is 0 Å². The predicted molar refractivity (Wildman–Crippen MR) is 39.9 cm³/mol. The number of aliphatic hydroxyl groups is 1. The van der Waals surface area contributed by atoms with E-state index in [0.717, 1.165) is 0 Å². The number of thioether (sulfide) groups is 1. The third kappa shape index (κ3) is 7.58. The van der Waals surface area contributed by atoms with Crippen molar-refractivity contribution in [1.82, 2.24) is 0 Å². The van der Waals surface area contributed by atoms with Crippen LogP contribution in [0.25, 0.3) is 0 Å². The number of guanidine groups is 1. The van der Waals surface area contributed by atoms with Gasteiger partial charge in [-0.3, -0.25) is 0 Å². The van der Waals surface area contributed by atoms with E-state index in [1.807, 2.05) is 0 Å². The van der Waals surface area contributed by atoms with Crippen molar-refractivity contribution in [2.24, 2.45) is 16.5 Å². The van der Waals surface area contributed by atoms with Crippen LogP contribution in [0.1, 0.15) is 6.92 Å². The Labute approximate surface area is 58.3 Å². The topological polar surface area (TPSA) is 84.6 Å². The van der Waals surface area contributed by atoms with E-state index in [0.29, 0.717) is 5.88 Å². The first-order valence-electron chi connectivity index (χ1n) is 2.48. The standard InChI is InChI=1S/C4H11N3OS/c1-3(8)9-2-7-4(5)6/h3,8H,2H2,1H3,(H4,5,6,7). The highest BCUT2D eigenvalue weighted by Gasteiger charge is 1.91. The molecule has 54 valence electrons. The van der Waals surface area contributed by atoms with Gasteiger partial charge in [-0.2, -0.15) is 0 Å². The van der Waals surface area contributed by atoms with Gasteiger partial charge in [-0.15, -0.1) is 11.8 Å². The second kappa shape index (κ2) is 4.46. The number of hydrogen-bond acceptors (Lipinski definition) is 3. The SMILES string of the molecule is CC(O)SCN=C(N)N. The molecule has 0 saturated carbocycles. The molecule has 5 heteroatoms. The second-order valence-corrected chi connectivity index (χ2v) is 2.75. The Morgan fingerprint density at radius 2 is 2.33 bits per heavy atom. The van der Waals surface area contributed by atoms with Crippen molar-refractivity contribution in [3.63, 3.8) is 0 Å². The molecular formula is C4H11N3OS. The number of hydrogen-bond donors (Lipinski definition) is 3. The van der Waals surface area contributed by atoms with Crippen LogP contribution < -0.4 is 11.5 Å². The molecule has 1 atom stereocenters. The summed E-state index contributed by atoms with van der Waals surface area (Å²) in [6, 6.07) is 0. The molecule has 0 heterocycles. The Morgan fingerprint density at radius 1 is 1.78 bits per heavy atom. The minimum Gasteiger partial charge on any atom is -0.383 e. The maximum Gasteiger partial charge on any atom is 0.186 e. The number of nitrogens with zero attached hydrogens (tertiary/aromatic N) is 1. The molecule has 5 N–H and O–H groups in total. The fourth-order valence-corrected chi connectivity index (χ4v) is 0.659. The van der Waals surface area contributed by atoms with Gasteiger partial charge in [0.25, 0.3) is 0 Å². The Kier molecular flexibility index (Phi) is 4.25. The summed E-state index contributed by atoms with van der Waals surface area (Å²) in [4.78, 5) is 3.64. The third-order valence-electron chi connectivity index (χ3n) is 0.563. The van der Waals surface area contributed by atoms with E-state index >= 15 is 0 Å². The fourth-order valence-electron chi connectivity index (χ4n) is 0.220. The molecule has 0 saturated heterocycles. The summed E-state index contributed by atoms with van der Waals surface area (Å²) < 4.78 is 0. The molecule has 0 aliphatic rings. The van der Waals surface area contributed by atoms with E-state index in [1.165, 1.54) is 11.8 Å². The lowest BCUT2D eigenvalue weighted by molar-refractivity contribution is 0.284. The quantitative estimate of drug-likeness (QED) is 0.281. The lowest BCUT2D eigenvalue weighted by Crippen LogP contribution is -2.22. The second-order valence-electron chi connectivity index (χ2n) is 1.48. The number of aliphatic imine (C=N–C) groups is 1. The van der Waals surface area contributed by atoms with E-state index in [9.17, 15) is 0 Å². The normalized spacial score (nSPS) is 12.7. The highest BCUT2D eigenvalue weighted by atomic mass is 32.2. The largest absolute Gasteiger partial charge is 0.383 e. The number of aliphatic hydroxyl groups excluding tert-OH is 1. The van der Waals surface area contributed by atoms with Crippen LogP contribution in [-0.2, 0) is 0 Å². The van der Waals surface area contributed by atoms with E-state index in [4.69, 9.17) is 16.6 Å². The van der Waals surface area contributed by atoms with Crippen molar-refractivity contribution in [2.75, 3.05) is 5.88 Å². The first-order chi connectivity index (χ1) is 4.13. The minimum atomic E-state index is -0.409. The lowest BCUT2D eigenvalue weighted by atomic mass is 10.9. The molecule has 0 aliphatic heterocycles. The van der Waals surface area contributed by atoms with Crippen LogP contribution in [0.3, 0.4) is 0 Å². The molecule has 0 aliphatic carbocycles. The summed E-state index contributed by atoms with van der Waals surface area (Å²) in [5.41, 5.74) is 9.61. The first kappa shape index (κ1) is 8.58. The molecule has 0 rings (SSSR count). The molecule has 0 radical (unpaired) electrons. The average Bonchev–Trinajstić information content (AvgIpc) is 1.63. The molecule has 0 aromatic rings. The zero-order chi connectivity index (χ0) is 7.28. The van der Waals surface area contributed by atoms with Crippen molar-refractivity contribution in [3.05, 3.63) is 0 Å². The van der Waals surface area contributed by atoms with Crippen molar-refractivity contribution < 1.29 is 5.11 Å². The number of nitrogens with two attached hydrogens (primary N) is 2. The summed E-state index contributed by atoms with van der Waals surface area (Å²) in [5.74, 6) is 0.475. The smallest absolute Gasteiger partial charge is 0.186 e. The van der Waals surface area contributed by atoms with E-state index in [1.54, 1.807) is 6.92 Å². The van der Waals surface area contributed by atoms with Gasteiger partial charge in [0.1, 0.15) is 0 Å². The van der Waals surface area contributed by atoms with Gasteiger partial charge < -0.3 is 16.6 Å². The van der Waals surface area contributed by atoms with Crippen molar-refractivity contribution >= 4 is 17.7 Å². The van der Waals surface area contributed by atoms with Crippen LogP contribution in [-0.4, -0.2) is 22.4 Å². The Hall–Kier alpha value is -0.420. The van der Waals surface area contributed by atoms with Crippen molar-refractivity contribution in [2.45, 2.75) is 12.4 Å². The van der Waals surface area contributed by atoms with Gasteiger partial charge in [-0.05, 0) is 6.92 Å².